The average Bonchev–Trinajstić information content (AvgIpc) is 3.05. The van der Waals surface area contributed by atoms with Gasteiger partial charge in [-0.05, 0) is 62.8 Å². The van der Waals surface area contributed by atoms with Crippen LogP contribution in [0.15, 0.2) is 24.3 Å². The van der Waals surface area contributed by atoms with Gasteiger partial charge in [-0.15, -0.1) is 0 Å². The number of anilines is 1. The first kappa shape index (κ1) is 19.9. The predicted octanol–water partition coefficient (Wildman–Crippen LogP) is 3.95. The Balaban J connectivity index is 1.37. The number of nitrogens with one attached hydrogen (secondary N) is 2. The molecule has 4 rings (SSSR count). The maximum Gasteiger partial charge on any atom is 0.307 e. The van der Waals surface area contributed by atoms with Crippen LogP contribution in [0.1, 0.15) is 81.0 Å². The highest BCUT2D eigenvalue weighted by atomic mass is 16.6. The minimum atomic E-state index is -0.626. The van der Waals surface area contributed by atoms with Crippen LogP contribution >= 0.6 is 0 Å². The van der Waals surface area contributed by atoms with Crippen LogP contribution in [0.2, 0.25) is 0 Å². The Morgan fingerprint density at radius 1 is 0.931 bits per heavy atom. The molecule has 1 heterocycles. The van der Waals surface area contributed by atoms with Gasteiger partial charge >= 0.3 is 5.97 Å². The van der Waals surface area contributed by atoms with Gasteiger partial charge in [-0.1, -0.05) is 25.7 Å². The van der Waals surface area contributed by atoms with Crippen molar-refractivity contribution in [3.8, 4) is 0 Å². The minimum absolute atomic E-state index is 0.0641. The number of esters is 1. The fraction of sp³-hybridized carbons (Fsp3) is 0.609. The molecule has 1 aromatic rings. The predicted molar refractivity (Wildman–Crippen MR) is 109 cm³/mol. The zero-order valence-electron chi connectivity index (χ0n) is 16.9. The van der Waals surface area contributed by atoms with Gasteiger partial charge in [0.05, 0.1) is 12.3 Å². The van der Waals surface area contributed by atoms with Crippen molar-refractivity contribution < 1.29 is 19.1 Å². The van der Waals surface area contributed by atoms with Crippen LogP contribution in [0.3, 0.4) is 0 Å². The summed E-state index contributed by atoms with van der Waals surface area (Å²) < 4.78 is 5.63. The van der Waals surface area contributed by atoms with E-state index in [1.165, 1.54) is 19.3 Å². The van der Waals surface area contributed by atoms with Gasteiger partial charge < -0.3 is 15.4 Å². The van der Waals surface area contributed by atoms with E-state index in [9.17, 15) is 14.4 Å². The van der Waals surface area contributed by atoms with Crippen LogP contribution in [0.4, 0.5) is 5.69 Å². The van der Waals surface area contributed by atoms with E-state index in [4.69, 9.17) is 4.74 Å². The molecule has 6 heteroatoms. The van der Waals surface area contributed by atoms with Crippen LogP contribution < -0.4 is 10.6 Å². The number of rotatable bonds is 4. The molecule has 2 aliphatic carbocycles. The number of carbonyl (C=O) groups is 3. The second kappa shape index (κ2) is 8.56. The largest absolute Gasteiger partial charge is 0.458 e. The van der Waals surface area contributed by atoms with Crippen molar-refractivity contribution in [3.05, 3.63) is 29.8 Å². The second-order valence-electron chi connectivity index (χ2n) is 8.73. The summed E-state index contributed by atoms with van der Waals surface area (Å²) in [5.74, 6) is -0.950. The van der Waals surface area contributed by atoms with Gasteiger partial charge in [0.1, 0.15) is 5.60 Å². The van der Waals surface area contributed by atoms with Crippen molar-refractivity contribution in [2.45, 2.75) is 82.3 Å². The summed E-state index contributed by atoms with van der Waals surface area (Å²) in [5.41, 5.74) is 0.602. The summed E-state index contributed by atoms with van der Waals surface area (Å²) in [6.45, 7) is 0. The molecule has 0 radical (unpaired) electrons. The zero-order valence-corrected chi connectivity index (χ0v) is 16.9. The molecule has 1 spiro atoms. The van der Waals surface area contributed by atoms with E-state index >= 15 is 0 Å². The molecule has 0 unspecified atom stereocenters. The molecule has 2 amide bonds. The van der Waals surface area contributed by atoms with Crippen LogP contribution in [0.5, 0.6) is 0 Å². The Bertz CT molecular complexity index is 762. The van der Waals surface area contributed by atoms with E-state index in [1.54, 1.807) is 24.3 Å². The third-order valence-electron chi connectivity index (χ3n) is 6.69. The van der Waals surface area contributed by atoms with E-state index in [0.717, 1.165) is 44.9 Å². The highest BCUT2D eigenvalue weighted by Gasteiger charge is 2.52. The Morgan fingerprint density at radius 3 is 2.28 bits per heavy atom. The number of ether oxygens (including phenoxy) is 1. The Labute approximate surface area is 171 Å². The third-order valence-corrected chi connectivity index (χ3v) is 6.69. The molecule has 29 heavy (non-hydrogen) atoms. The molecule has 3 aliphatic rings. The fourth-order valence-corrected chi connectivity index (χ4v) is 5.07. The van der Waals surface area contributed by atoms with E-state index in [2.05, 4.69) is 10.6 Å². The number of benzene rings is 1. The van der Waals surface area contributed by atoms with E-state index in [-0.39, 0.29) is 30.2 Å². The van der Waals surface area contributed by atoms with Crippen molar-refractivity contribution in [1.82, 2.24) is 5.32 Å². The normalized spacial score (nSPS) is 24.1. The monoisotopic (exact) mass is 398 g/mol. The van der Waals surface area contributed by atoms with Crippen LogP contribution in [-0.4, -0.2) is 29.4 Å². The summed E-state index contributed by atoms with van der Waals surface area (Å²) in [4.78, 5) is 37.3. The molecular formula is C23H30N2O4. The summed E-state index contributed by atoms with van der Waals surface area (Å²) in [5, 5.41) is 6.02. The first-order chi connectivity index (χ1) is 14.1. The standard InChI is InChI=1S/C23H30N2O4/c26-20-15-19(23(29-20)13-5-2-6-14-23)22(28)25-18-11-9-16(10-12-18)21(27)24-17-7-3-1-4-8-17/h9-12,17,19H,1-8,13-15H2,(H,24,27)(H,25,28)/t19-/m0/s1. The van der Waals surface area contributed by atoms with Crippen LogP contribution in [-0.2, 0) is 14.3 Å². The summed E-state index contributed by atoms with van der Waals surface area (Å²) >= 11 is 0. The lowest BCUT2D eigenvalue weighted by molar-refractivity contribution is -0.153. The maximum absolute atomic E-state index is 12.9. The summed E-state index contributed by atoms with van der Waals surface area (Å²) in [6.07, 6.45) is 10.5. The molecule has 0 bridgehead atoms. The van der Waals surface area contributed by atoms with Crippen LogP contribution in [0.25, 0.3) is 0 Å². The molecule has 2 saturated carbocycles. The minimum Gasteiger partial charge on any atom is -0.458 e. The number of hydrogen-bond donors (Lipinski definition) is 2. The molecule has 3 fully saturated rings. The van der Waals surface area contributed by atoms with Crippen molar-refractivity contribution in [3.63, 3.8) is 0 Å². The van der Waals surface area contributed by atoms with Gasteiger partial charge in [0.25, 0.3) is 5.91 Å². The van der Waals surface area contributed by atoms with E-state index in [1.807, 2.05) is 0 Å². The van der Waals surface area contributed by atoms with Crippen molar-refractivity contribution in [2.24, 2.45) is 5.92 Å². The molecule has 0 aromatic heterocycles. The fourth-order valence-electron chi connectivity index (χ4n) is 5.07. The number of hydrogen-bond acceptors (Lipinski definition) is 4. The van der Waals surface area contributed by atoms with E-state index < -0.39 is 11.5 Å². The van der Waals surface area contributed by atoms with Crippen molar-refractivity contribution in [2.75, 3.05) is 5.32 Å². The first-order valence-electron chi connectivity index (χ1n) is 11.0. The Hall–Kier alpha value is -2.37. The first-order valence-corrected chi connectivity index (χ1v) is 11.0. The lowest BCUT2D eigenvalue weighted by Crippen LogP contribution is -2.43. The molecule has 156 valence electrons. The van der Waals surface area contributed by atoms with Gasteiger partial charge in [-0.2, -0.15) is 0 Å². The highest BCUT2D eigenvalue weighted by molar-refractivity contribution is 5.98. The molecule has 1 aromatic carbocycles. The average molecular weight is 399 g/mol. The molecule has 1 aliphatic heterocycles. The van der Waals surface area contributed by atoms with Crippen molar-refractivity contribution >= 4 is 23.5 Å². The molecular weight excluding hydrogens is 368 g/mol. The summed E-state index contributed by atoms with van der Waals surface area (Å²) in [7, 11) is 0. The third kappa shape index (κ3) is 4.46. The van der Waals surface area contributed by atoms with Crippen molar-refractivity contribution in [1.29, 1.82) is 0 Å². The molecule has 1 atom stereocenters. The SMILES string of the molecule is O=C1C[C@@H](C(=O)Nc2ccc(C(=O)NC3CCCCC3)cc2)C2(CCCCC2)O1. The molecule has 2 N–H and O–H groups in total. The summed E-state index contributed by atoms with van der Waals surface area (Å²) in [6, 6.07) is 7.24. The van der Waals surface area contributed by atoms with Gasteiger partial charge in [-0.3, -0.25) is 14.4 Å². The molecule has 1 saturated heterocycles. The second-order valence-corrected chi connectivity index (χ2v) is 8.73. The van der Waals surface area contributed by atoms with Gasteiger partial charge in [0.15, 0.2) is 0 Å². The Kier molecular flexibility index (Phi) is 5.88. The zero-order chi connectivity index (χ0) is 20.3. The topological polar surface area (TPSA) is 84.5 Å². The quantitative estimate of drug-likeness (QED) is 0.752. The van der Waals surface area contributed by atoms with Crippen LogP contribution in [0, 0.1) is 5.92 Å². The van der Waals surface area contributed by atoms with Gasteiger partial charge in [0, 0.05) is 17.3 Å². The smallest absolute Gasteiger partial charge is 0.307 e. The van der Waals surface area contributed by atoms with E-state index in [0.29, 0.717) is 11.3 Å². The van der Waals surface area contributed by atoms with Gasteiger partial charge in [-0.25, -0.2) is 0 Å². The lowest BCUT2D eigenvalue weighted by atomic mass is 9.75. The highest BCUT2D eigenvalue weighted by Crippen LogP contribution is 2.44. The molecule has 6 nitrogen and oxygen atoms in total. The number of carbonyl (C=O) groups excluding carboxylic acids is 3. The van der Waals surface area contributed by atoms with Gasteiger partial charge in [0.2, 0.25) is 5.91 Å². The lowest BCUT2D eigenvalue weighted by Gasteiger charge is -2.36. The Morgan fingerprint density at radius 2 is 1.59 bits per heavy atom. The number of amides is 2. The maximum atomic E-state index is 12.9.